The second-order valence-corrected chi connectivity index (χ2v) is 6.88. The molecule has 0 spiro atoms. The van der Waals surface area contributed by atoms with E-state index < -0.39 is 11.6 Å². The lowest BCUT2D eigenvalue weighted by Crippen LogP contribution is -1.95. The van der Waals surface area contributed by atoms with E-state index in [-0.39, 0.29) is 10.3 Å². The molecule has 21 heavy (non-hydrogen) atoms. The van der Waals surface area contributed by atoms with Crippen molar-refractivity contribution < 1.29 is 8.78 Å². The molecule has 1 aromatic carbocycles. The minimum atomic E-state index is -0.967. The van der Waals surface area contributed by atoms with E-state index in [2.05, 4.69) is 25.9 Å². The summed E-state index contributed by atoms with van der Waals surface area (Å²) in [4.78, 5) is 10.5. The molecular weight excluding hydrogens is 382 g/mol. The van der Waals surface area contributed by atoms with Crippen LogP contribution in [0.15, 0.2) is 16.6 Å². The van der Waals surface area contributed by atoms with Crippen molar-refractivity contribution in [2.75, 3.05) is 0 Å². The summed E-state index contributed by atoms with van der Waals surface area (Å²) in [5.41, 5.74) is 1.40. The molecule has 0 saturated heterocycles. The first kappa shape index (κ1) is 14.8. The molecule has 2 heterocycles. The van der Waals surface area contributed by atoms with Gasteiger partial charge >= 0.3 is 0 Å². The molecule has 3 rings (SSSR count). The summed E-state index contributed by atoms with van der Waals surface area (Å²) >= 11 is 10.8. The monoisotopic (exact) mass is 388 g/mol. The van der Waals surface area contributed by atoms with E-state index >= 15 is 0 Å². The van der Waals surface area contributed by atoms with Gasteiger partial charge in [-0.1, -0.05) is 11.6 Å². The molecule has 0 aliphatic rings. The number of halogens is 4. The van der Waals surface area contributed by atoms with Gasteiger partial charge in [0.2, 0.25) is 0 Å². The minimum absolute atomic E-state index is 0.0112. The van der Waals surface area contributed by atoms with Crippen LogP contribution >= 0.6 is 38.9 Å². The smallest absolute Gasteiger partial charge is 0.173 e. The normalized spacial score (nSPS) is 11.3. The molecule has 0 saturated carbocycles. The zero-order valence-corrected chi connectivity index (χ0v) is 14.1. The molecule has 7 heteroatoms. The summed E-state index contributed by atoms with van der Waals surface area (Å²) in [6.07, 6.45) is 0. The Hall–Kier alpha value is -1.11. The number of benzene rings is 1. The molecule has 0 bridgehead atoms. The topological polar surface area (TPSA) is 25.8 Å². The van der Waals surface area contributed by atoms with E-state index in [4.69, 9.17) is 11.6 Å². The van der Waals surface area contributed by atoms with Crippen LogP contribution < -0.4 is 0 Å². The number of fused-ring (bicyclic) bond motifs is 1. The summed E-state index contributed by atoms with van der Waals surface area (Å²) in [6.45, 7) is 3.93. The Bertz CT molecular complexity index is 879. The third kappa shape index (κ3) is 2.35. The maximum absolute atomic E-state index is 13.7. The van der Waals surface area contributed by atoms with Gasteiger partial charge in [0.05, 0.1) is 9.86 Å². The van der Waals surface area contributed by atoms with Crippen LogP contribution in [0.5, 0.6) is 0 Å². The standard InChI is InChI=1S/C14H8BrClF2N2S/c1-5-6(2)21-14-9(5)12(16)19-13(20-14)7-3-4-8(17)11(18)10(7)15/h3-4H,1-2H3. The lowest BCUT2D eigenvalue weighted by molar-refractivity contribution is 0.504. The van der Waals surface area contributed by atoms with Gasteiger partial charge in [0.1, 0.15) is 9.98 Å². The summed E-state index contributed by atoms with van der Waals surface area (Å²) in [5.74, 6) is -1.63. The van der Waals surface area contributed by atoms with Gasteiger partial charge in [0.15, 0.2) is 17.5 Å². The van der Waals surface area contributed by atoms with E-state index in [0.717, 1.165) is 26.7 Å². The van der Waals surface area contributed by atoms with Crippen LogP contribution in [-0.2, 0) is 0 Å². The van der Waals surface area contributed by atoms with Gasteiger partial charge in [-0.25, -0.2) is 18.7 Å². The highest BCUT2D eigenvalue weighted by Gasteiger charge is 2.18. The number of hydrogen-bond acceptors (Lipinski definition) is 3. The lowest BCUT2D eigenvalue weighted by atomic mass is 10.2. The van der Waals surface area contributed by atoms with E-state index in [9.17, 15) is 8.78 Å². The highest BCUT2D eigenvalue weighted by molar-refractivity contribution is 9.10. The summed E-state index contributed by atoms with van der Waals surface area (Å²) < 4.78 is 26.8. The van der Waals surface area contributed by atoms with Gasteiger partial charge in [0, 0.05) is 10.4 Å². The predicted octanol–water partition coefficient (Wildman–Crippen LogP) is 5.67. The van der Waals surface area contributed by atoms with Gasteiger partial charge in [-0.3, -0.25) is 0 Å². The number of aryl methyl sites for hydroxylation is 2. The van der Waals surface area contributed by atoms with E-state index in [1.165, 1.54) is 17.4 Å². The van der Waals surface area contributed by atoms with Crippen LogP contribution in [-0.4, -0.2) is 9.97 Å². The summed E-state index contributed by atoms with van der Waals surface area (Å²) in [5, 5.41) is 1.12. The molecule has 0 N–H and O–H groups in total. The predicted molar refractivity (Wildman–Crippen MR) is 85.0 cm³/mol. The number of hydrogen-bond donors (Lipinski definition) is 0. The second kappa shape index (κ2) is 5.26. The lowest BCUT2D eigenvalue weighted by Gasteiger charge is -2.06. The molecule has 3 aromatic rings. The van der Waals surface area contributed by atoms with Crippen LogP contribution in [0.25, 0.3) is 21.6 Å². The Balaban J connectivity index is 2.29. The number of rotatable bonds is 1. The SMILES string of the molecule is Cc1sc2nc(-c3ccc(F)c(F)c3Br)nc(Cl)c2c1C. The fourth-order valence-electron chi connectivity index (χ4n) is 2.02. The van der Waals surface area contributed by atoms with E-state index in [1.54, 1.807) is 0 Å². The molecule has 0 aliphatic carbocycles. The zero-order chi connectivity index (χ0) is 15.3. The molecule has 2 aromatic heterocycles. The van der Waals surface area contributed by atoms with Crippen LogP contribution in [0.1, 0.15) is 10.4 Å². The van der Waals surface area contributed by atoms with Crippen molar-refractivity contribution in [3.05, 3.63) is 43.8 Å². The molecule has 0 radical (unpaired) electrons. The maximum Gasteiger partial charge on any atom is 0.173 e. The Morgan fingerprint density at radius 2 is 1.90 bits per heavy atom. The molecule has 0 aliphatic heterocycles. The quantitative estimate of drug-likeness (QED) is 0.396. The fourth-order valence-corrected chi connectivity index (χ4v) is 3.92. The number of nitrogens with zero attached hydrogens (tertiary/aromatic N) is 2. The molecule has 0 fully saturated rings. The van der Waals surface area contributed by atoms with Crippen molar-refractivity contribution >= 4 is 49.1 Å². The molecule has 108 valence electrons. The van der Waals surface area contributed by atoms with Gasteiger partial charge < -0.3 is 0 Å². The summed E-state index contributed by atoms with van der Waals surface area (Å²) in [6, 6.07) is 2.47. The highest BCUT2D eigenvalue weighted by atomic mass is 79.9. The van der Waals surface area contributed by atoms with Gasteiger partial charge in [0.25, 0.3) is 0 Å². The Morgan fingerprint density at radius 1 is 1.19 bits per heavy atom. The molecular formula is C14H8BrClF2N2S. The molecule has 0 amide bonds. The van der Waals surface area contributed by atoms with Crippen LogP contribution in [0.3, 0.4) is 0 Å². The maximum atomic E-state index is 13.7. The Labute approximate surface area is 136 Å². The largest absolute Gasteiger partial charge is 0.217 e. The van der Waals surface area contributed by atoms with Crippen molar-refractivity contribution in [3.8, 4) is 11.4 Å². The first-order valence-electron chi connectivity index (χ1n) is 5.97. The van der Waals surface area contributed by atoms with Crippen molar-refractivity contribution in [2.24, 2.45) is 0 Å². The average Bonchev–Trinajstić information content (AvgIpc) is 2.72. The van der Waals surface area contributed by atoms with E-state index in [0.29, 0.717) is 10.7 Å². The summed E-state index contributed by atoms with van der Waals surface area (Å²) in [7, 11) is 0. The second-order valence-electron chi connectivity index (χ2n) is 4.52. The van der Waals surface area contributed by atoms with Gasteiger partial charge in [-0.15, -0.1) is 11.3 Å². The van der Waals surface area contributed by atoms with Crippen molar-refractivity contribution in [1.29, 1.82) is 0 Å². The first-order chi connectivity index (χ1) is 9.90. The van der Waals surface area contributed by atoms with E-state index in [1.807, 2.05) is 13.8 Å². The molecule has 2 nitrogen and oxygen atoms in total. The van der Waals surface area contributed by atoms with Crippen LogP contribution in [0.4, 0.5) is 8.78 Å². The van der Waals surface area contributed by atoms with Crippen molar-refractivity contribution in [1.82, 2.24) is 9.97 Å². The van der Waals surface area contributed by atoms with Crippen molar-refractivity contribution in [3.63, 3.8) is 0 Å². The average molecular weight is 390 g/mol. The van der Waals surface area contributed by atoms with Crippen LogP contribution in [0, 0.1) is 25.5 Å². The first-order valence-corrected chi connectivity index (χ1v) is 7.96. The Morgan fingerprint density at radius 3 is 2.62 bits per heavy atom. The third-order valence-corrected chi connectivity index (χ3v) is 5.41. The Kier molecular flexibility index (Phi) is 3.71. The fraction of sp³-hybridized carbons (Fsp3) is 0.143. The van der Waals surface area contributed by atoms with Gasteiger partial charge in [-0.2, -0.15) is 0 Å². The third-order valence-electron chi connectivity index (χ3n) is 3.26. The van der Waals surface area contributed by atoms with Crippen LogP contribution in [0.2, 0.25) is 5.15 Å². The molecule has 0 atom stereocenters. The number of aromatic nitrogens is 2. The molecule has 0 unspecified atom stereocenters. The zero-order valence-electron chi connectivity index (χ0n) is 11.0. The highest BCUT2D eigenvalue weighted by Crippen LogP contribution is 2.36. The minimum Gasteiger partial charge on any atom is -0.217 e. The van der Waals surface area contributed by atoms with Gasteiger partial charge in [-0.05, 0) is 47.5 Å². The van der Waals surface area contributed by atoms with Crippen molar-refractivity contribution in [2.45, 2.75) is 13.8 Å². The number of thiophene rings is 1.